The lowest BCUT2D eigenvalue weighted by Gasteiger charge is -2.43. The van der Waals surface area contributed by atoms with Crippen LogP contribution < -0.4 is 0 Å². The fourth-order valence-electron chi connectivity index (χ4n) is 4.30. The molecule has 0 unspecified atom stereocenters. The maximum Gasteiger partial charge on any atom is 0.328 e. The zero-order valence-electron chi connectivity index (χ0n) is 15.2. The minimum atomic E-state index is -1.76. The molecule has 0 aliphatic heterocycles. The minimum absolute atomic E-state index is 0.592. The number of carboxylic acid groups (broad SMARTS) is 1. The summed E-state index contributed by atoms with van der Waals surface area (Å²) in [5.74, 6) is -0.218. The first-order valence-electron chi connectivity index (χ1n) is 8.76. The molecule has 22 heavy (non-hydrogen) atoms. The summed E-state index contributed by atoms with van der Waals surface area (Å²) in [6.45, 7) is 14.8. The van der Waals surface area contributed by atoms with Crippen LogP contribution in [0, 0.1) is 5.92 Å². The van der Waals surface area contributed by atoms with Gasteiger partial charge in [-0.15, -0.1) is 0 Å². The Morgan fingerprint density at radius 2 is 1.59 bits per heavy atom. The molecule has 3 nitrogen and oxygen atoms in total. The topological polar surface area (TPSA) is 46.5 Å². The summed E-state index contributed by atoms with van der Waals surface area (Å²) in [7, 11) is -1.76. The first kappa shape index (κ1) is 19.4. The van der Waals surface area contributed by atoms with E-state index >= 15 is 0 Å². The maximum absolute atomic E-state index is 10.7. The van der Waals surface area contributed by atoms with Gasteiger partial charge in [0.15, 0.2) is 8.32 Å². The van der Waals surface area contributed by atoms with Gasteiger partial charge in [-0.05, 0) is 48.2 Å². The Hall–Kier alpha value is -0.613. The van der Waals surface area contributed by atoms with Crippen molar-refractivity contribution in [2.75, 3.05) is 6.61 Å². The first-order chi connectivity index (χ1) is 10.2. The Bertz CT molecular complexity index is 367. The second-order valence-corrected chi connectivity index (χ2v) is 13.2. The fraction of sp³-hybridized carbons (Fsp3) is 0.833. The summed E-state index contributed by atoms with van der Waals surface area (Å²) in [5.41, 5.74) is 2.96. The molecule has 4 heteroatoms. The Morgan fingerprint density at radius 3 is 1.95 bits per heavy atom. The fourth-order valence-corrected chi connectivity index (χ4v) is 9.82. The molecule has 0 bridgehead atoms. The van der Waals surface area contributed by atoms with E-state index in [1.165, 1.54) is 6.08 Å². The first-order valence-corrected chi connectivity index (χ1v) is 10.9. The van der Waals surface area contributed by atoms with Crippen molar-refractivity contribution in [3.63, 3.8) is 0 Å². The highest BCUT2D eigenvalue weighted by molar-refractivity contribution is 6.77. The summed E-state index contributed by atoms with van der Waals surface area (Å²) < 4.78 is 6.67. The summed E-state index contributed by atoms with van der Waals surface area (Å²) in [6, 6.07) is 0. The van der Waals surface area contributed by atoms with E-state index in [0.717, 1.165) is 37.9 Å². The van der Waals surface area contributed by atoms with Crippen LogP contribution in [0.15, 0.2) is 11.6 Å². The van der Waals surface area contributed by atoms with Crippen LogP contribution in [0.25, 0.3) is 0 Å². The van der Waals surface area contributed by atoms with Crippen LogP contribution in [-0.4, -0.2) is 26.0 Å². The maximum atomic E-state index is 10.7. The zero-order valence-corrected chi connectivity index (χ0v) is 16.2. The van der Waals surface area contributed by atoms with Gasteiger partial charge in [-0.25, -0.2) is 4.79 Å². The van der Waals surface area contributed by atoms with Crippen molar-refractivity contribution in [1.82, 2.24) is 0 Å². The third kappa shape index (κ3) is 4.69. The molecule has 0 radical (unpaired) electrons. The molecule has 0 atom stereocenters. The van der Waals surface area contributed by atoms with E-state index in [9.17, 15) is 4.79 Å². The van der Waals surface area contributed by atoms with Crippen molar-refractivity contribution < 1.29 is 14.3 Å². The van der Waals surface area contributed by atoms with Crippen molar-refractivity contribution in [2.24, 2.45) is 5.92 Å². The molecule has 0 aromatic carbocycles. The third-order valence-corrected chi connectivity index (χ3v) is 11.4. The Morgan fingerprint density at radius 1 is 1.14 bits per heavy atom. The molecule has 1 saturated carbocycles. The van der Waals surface area contributed by atoms with Gasteiger partial charge in [0.05, 0.1) is 0 Å². The van der Waals surface area contributed by atoms with Gasteiger partial charge in [0.2, 0.25) is 0 Å². The Kier molecular flexibility index (Phi) is 7.33. The molecule has 128 valence electrons. The van der Waals surface area contributed by atoms with Gasteiger partial charge in [0.25, 0.3) is 0 Å². The van der Waals surface area contributed by atoms with E-state index in [2.05, 4.69) is 41.5 Å². The molecule has 0 aromatic heterocycles. The molecule has 1 rings (SSSR count). The summed E-state index contributed by atoms with van der Waals surface area (Å²) in [5, 5.41) is 8.83. The SMILES string of the molecule is CC(C)[Si](OCC1CCC(=CC(=O)O)CC1)(C(C)C)C(C)C. The number of aliphatic carboxylic acids is 1. The molecule has 1 aliphatic rings. The van der Waals surface area contributed by atoms with Crippen LogP contribution in [0.2, 0.25) is 16.6 Å². The van der Waals surface area contributed by atoms with Crippen molar-refractivity contribution in [3.8, 4) is 0 Å². The van der Waals surface area contributed by atoms with Crippen LogP contribution in [0.3, 0.4) is 0 Å². The Balaban J connectivity index is 2.63. The van der Waals surface area contributed by atoms with E-state index in [1.54, 1.807) is 0 Å². The molecule has 1 aliphatic carbocycles. The van der Waals surface area contributed by atoms with Gasteiger partial charge in [-0.1, -0.05) is 47.1 Å². The second kappa shape index (κ2) is 8.30. The van der Waals surface area contributed by atoms with Crippen LogP contribution in [0.5, 0.6) is 0 Å². The molecule has 0 aromatic rings. The second-order valence-electron chi connectivity index (χ2n) is 7.71. The van der Waals surface area contributed by atoms with E-state index < -0.39 is 14.3 Å². The number of hydrogen-bond donors (Lipinski definition) is 1. The van der Waals surface area contributed by atoms with Crippen LogP contribution in [0.1, 0.15) is 67.2 Å². The van der Waals surface area contributed by atoms with E-state index in [4.69, 9.17) is 9.53 Å². The standard InChI is InChI=1S/C18H34O3Si/c1-13(2)22(14(3)4,15(5)6)21-12-17-9-7-16(8-10-17)11-18(19)20/h11,13-15,17H,7-10,12H2,1-6H3,(H,19,20). The predicted octanol–water partition coefficient (Wildman–Crippen LogP) is 5.38. The summed E-state index contributed by atoms with van der Waals surface area (Å²) in [4.78, 5) is 10.7. The van der Waals surface area contributed by atoms with Gasteiger partial charge >= 0.3 is 5.97 Å². The smallest absolute Gasteiger partial charge is 0.328 e. The number of hydrogen-bond acceptors (Lipinski definition) is 2. The lowest BCUT2D eigenvalue weighted by Crippen LogP contribution is -2.48. The van der Waals surface area contributed by atoms with Crippen LogP contribution in [-0.2, 0) is 9.22 Å². The monoisotopic (exact) mass is 326 g/mol. The quantitative estimate of drug-likeness (QED) is 0.504. The van der Waals surface area contributed by atoms with Crippen molar-refractivity contribution in [1.29, 1.82) is 0 Å². The Labute approximate surface area is 137 Å². The van der Waals surface area contributed by atoms with Crippen molar-refractivity contribution >= 4 is 14.3 Å². The molecule has 0 saturated heterocycles. The summed E-state index contributed by atoms with van der Waals surface area (Å²) >= 11 is 0. The molecule has 0 spiro atoms. The molecule has 0 amide bonds. The predicted molar refractivity (Wildman–Crippen MR) is 94.7 cm³/mol. The number of allylic oxidation sites excluding steroid dienone is 1. The molecule has 1 N–H and O–H groups in total. The van der Waals surface area contributed by atoms with Gasteiger partial charge in [0, 0.05) is 12.7 Å². The summed E-state index contributed by atoms with van der Waals surface area (Å²) in [6.07, 6.45) is 5.36. The van der Waals surface area contributed by atoms with Gasteiger partial charge in [-0.2, -0.15) is 0 Å². The molecule has 0 heterocycles. The highest BCUT2D eigenvalue weighted by atomic mass is 28.4. The minimum Gasteiger partial charge on any atom is -0.478 e. The lowest BCUT2D eigenvalue weighted by molar-refractivity contribution is -0.131. The van der Waals surface area contributed by atoms with Crippen LogP contribution >= 0.6 is 0 Å². The molecular weight excluding hydrogens is 292 g/mol. The van der Waals surface area contributed by atoms with Crippen molar-refractivity contribution in [3.05, 3.63) is 11.6 Å². The molecule has 1 fully saturated rings. The zero-order chi connectivity index (χ0) is 16.9. The van der Waals surface area contributed by atoms with Crippen LogP contribution in [0.4, 0.5) is 0 Å². The average Bonchev–Trinajstić information content (AvgIpc) is 2.39. The average molecular weight is 327 g/mol. The van der Waals surface area contributed by atoms with Crippen molar-refractivity contribution in [2.45, 2.75) is 83.8 Å². The normalized spacial score (nSPS) is 20.0. The highest BCUT2D eigenvalue weighted by Crippen LogP contribution is 2.43. The molecular formula is C18H34O3Si. The third-order valence-electron chi connectivity index (χ3n) is 5.35. The van der Waals surface area contributed by atoms with E-state index in [1.807, 2.05) is 0 Å². The van der Waals surface area contributed by atoms with E-state index in [0.29, 0.717) is 22.5 Å². The largest absolute Gasteiger partial charge is 0.478 e. The van der Waals surface area contributed by atoms with Gasteiger partial charge < -0.3 is 9.53 Å². The van der Waals surface area contributed by atoms with Gasteiger partial charge in [-0.3, -0.25) is 0 Å². The van der Waals surface area contributed by atoms with Gasteiger partial charge in [0.1, 0.15) is 0 Å². The number of carboxylic acids is 1. The van der Waals surface area contributed by atoms with E-state index in [-0.39, 0.29) is 0 Å². The highest BCUT2D eigenvalue weighted by Gasteiger charge is 2.45. The lowest BCUT2D eigenvalue weighted by atomic mass is 9.86. The number of rotatable bonds is 7. The number of carbonyl (C=O) groups is 1.